The van der Waals surface area contributed by atoms with Gasteiger partial charge in [-0.25, -0.2) is 4.79 Å². The number of carbonyl (C=O) groups excluding carboxylic acids is 2. The highest BCUT2D eigenvalue weighted by Crippen LogP contribution is 2.19. The zero-order valence-corrected chi connectivity index (χ0v) is 16.2. The van der Waals surface area contributed by atoms with Crippen molar-refractivity contribution in [1.82, 2.24) is 5.32 Å². The Kier molecular flexibility index (Phi) is 7.10. The van der Waals surface area contributed by atoms with Crippen LogP contribution in [0.1, 0.15) is 47.1 Å². The Bertz CT molecular complexity index is 678. The molecule has 0 aliphatic heterocycles. The Balaban J connectivity index is 2.87. The third kappa shape index (κ3) is 8.44. The van der Waals surface area contributed by atoms with Crippen molar-refractivity contribution in [2.75, 3.05) is 0 Å². The van der Waals surface area contributed by atoms with Gasteiger partial charge in [-0.3, -0.25) is 4.79 Å². The van der Waals surface area contributed by atoms with E-state index >= 15 is 0 Å². The molecule has 0 aromatic heterocycles. The predicted molar refractivity (Wildman–Crippen MR) is 98.4 cm³/mol. The van der Waals surface area contributed by atoms with Gasteiger partial charge >= 0.3 is 12.3 Å². The quantitative estimate of drug-likeness (QED) is 0.478. The number of ether oxygens (including phenoxy) is 2. The maximum atomic E-state index is 12.1. The van der Waals surface area contributed by atoms with Crippen molar-refractivity contribution in [2.24, 2.45) is 0 Å². The lowest BCUT2D eigenvalue weighted by atomic mass is 10.0. The molecule has 0 aliphatic rings. The van der Waals surface area contributed by atoms with Crippen molar-refractivity contribution in [2.45, 2.75) is 65.2 Å². The number of alkyl carbamates (subject to hydrolysis) is 1. The number of amides is 1. The molecule has 1 aromatic carbocycles. The summed E-state index contributed by atoms with van der Waals surface area (Å²) in [5, 5.41) is 2.52. The van der Waals surface area contributed by atoms with Crippen molar-refractivity contribution >= 4 is 18.1 Å². The van der Waals surface area contributed by atoms with Crippen LogP contribution in [-0.2, 0) is 16.0 Å². The Hall–Kier alpha value is -2.66. The summed E-state index contributed by atoms with van der Waals surface area (Å²) in [6.07, 6.45) is 0.272. The average Bonchev–Trinajstić information content (AvgIpc) is 2.45. The minimum atomic E-state index is -0.907. The smallest absolute Gasteiger partial charge is 0.408 e. The summed E-state index contributed by atoms with van der Waals surface area (Å²) in [6, 6.07) is 6.32. The molecule has 1 rings (SSSR count). The largest absolute Gasteiger partial charge is 0.488 e. The maximum absolute atomic E-state index is 12.1. The molecule has 1 amide bonds. The lowest BCUT2D eigenvalue weighted by molar-refractivity contribution is -0.118. The van der Waals surface area contributed by atoms with Crippen LogP contribution in [0.2, 0.25) is 0 Å². The number of benzene rings is 1. The molecule has 1 atom stereocenters. The van der Waals surface area contributed by atoms with E-state index in [1.807, 2.05) is 32.9 Å². The molecule has 0 spiro atoms. The Labute approximate surface area is 154 Å². The normalized spacial score (nSPS) is 12.5. The van der Waals surface area contributed by atoms with Gasteiger partial charge in [0.25, 0.3) is 5.78 Å². The predicted octanol–water partition coefficient (Wildman–Crippen LogP) is 3.17. The molecule has 0 saturated heterocycles. The van der Waals surface area contributed by atoms with Gasteiger partial charge in [0, 0.05) is 6.42 Å². The molecule has 1 N–H and O–H groups in total. The van der Waals surface area contributed by atoms with Crippen LogP contribution >= 0.6 is 0 Å². The van der Waals surface area contributed by atoms with Gasteiger partial charge in [-0.15, -0.1) is 0 Å². The van der Waals surface area contributed by atoms with E-state index in [4.69, 9.17) is 15.0 Å². The summed E-state index contributed by atoms with van der Waals surface area (Å²) >= 11 is 0. The van der Waals surface area contributed by atoms with Crippen molar-refractivity contribution in [3.05, 3.63) is 35.4 Å². The van der Waals surface area contributed by atoms with E-state index in [1.54, 1.807) is 32.9 Å². The minimum absolute atomic E-state index is 0.222. The first-order chi connectivity index (χ1) is 11.9. The van der Waals surface area contributed by atoms with Gasteiger partial charge in [0.1, 0.15) is 23.0 Å². The lowest BCUT2D eigenvalue weighted by Gasteiger charge is -2.23. The van der Waals surface area contributed by atoms with Crippen molar-refractivity contribution < 1.29 is 23.9 Å². The summed E-state index contributed by atoms with van der Waals surface area (Å²) in [5.41, 5.74) is 8.42. The number of nitrogens with one attached hydrogen (secondary N) is 1. The van der Waals surface area contributed by atoms with Crippen LogP contribution in [-0.4, -0.2) is 40.1 Å². The number of ketones is 1. The highest BCUT2D eigenvalue weighted by Gasteiger charge is 2.25. The van der Waals surface area contributed by atoms with Crippen molar-refractivity contribution in [3.63, 3.8) is 0 Å². The molecule has 26 heavy (non-hydrogen) atoms. The van der Waals surface area contributed by atoms with Crippen LogP contribution in [0.5, 0.6) is 5.75 Å². The van der Waals surface area contributed by atoms with E-state index in [2.05, 4.69) is 10.1 Å². The first kappa shape index (κ1) is 21.4. The summed E-state index contributed by atoms with van der Waals surface area (Å²) < 4.78 is 10.9. The van der Waals surface area contributed by atoms with Gasteiger partial charge in [0.15, 0.2) is 0 Å². The van der Waals surface area contributed by atoms with Gasteiger partial charge < -0.3 is 20.3 Å². The first-order valence-electron chi connectivity index (χ1n) is 8.38. The average molecular weight is 361 g/mol. The van der Waals surface area contributed by atoms with Crippen LogP contribution in [0.15, 0.2) is 24.3 Å². The highest BCUT2D eigenvalue weighted by atomic mass is 16.6. The lowest BCUT2D eigenvalue weighted by Crippen LogP contribution is -2.45. The fourth-order valence-electron chi connectivity index (χ4n) is 2.10. The zero-order chi connectivity index (χ0) is 20.0. The first-order valence-corrected chi connectivity index (χ1v) is 8.38. The van der Waals surface area contributed by atoms with Crippen LogP contribution in [0, 0.1) is 0 Å². The van der Waals surface area contributed by atoms with Gasteiger partial charge in [-0.05, 0) is 59.2 Å². The van der Waals surface area contributed by atoms with Crippen molar-refractivity contribution in [1.29, 1.82) is 0 Å². The third-order valence-electron chi connectivity index (χ3n) is 3.01. The standard InChI is InChI=1S/C19H27N3O4/c1-18(2,3)25-14-9-7-13(8-10-14)11-15(16(23)12-21-20)22-17(24)26-19(4,5)6/h7-10,12,15H,11H2,1-6H3,(H,22,24)/t15-/m0/s1. The summed E-state index contributed by atoms with van der Waals surface area (Å²) in [7, 11) is 0. The molecule has 0 fully saturated rings. The Morgan fingerprint density at radius 3 is 2.15 bits per heavy atom. The number of rotatable bonds is 6. The summed E-state index contributed by atoms with van der Waals surface area (Å²) in [4.78, 5) is 26.8. The third-order valence-corrected chi connectivity index (χ3v) is 3.01. The molecule has 0 unspecified atom stereocenters. The SMILES string of the molecule is CC(C)(C)OC(=O)N[C@@H](Cc1ccc(OC(C)(C)C)cc1)C(=O)C=[N+]=[N-]. The molecule has 142 valence electrons. The van der Waals surface area contributed by atoms with Gasteiger partial charge in [-0.1, -0.05) is 12.1 Å². The number of hydrogen-bond acceptors (Lipinski definition) is 4. The fraction of sp³-hybridized carbons (Fsp3) is 0.526. The van der Waals surface area contributed by atoms with E-state index in [9.17, 15) is 9.59 Å². The number of carbonyl (C=O) groups is 2. The second-order valence-corrected chi connectivity index (χ2v) is 7.91. The number of Topliss-reactive ketones (excluding diaryl/α,β-unsaturated/α-hetero) is 1. The van der Waals surface area contributed by atoms with E-state index < -0.39 is 23.5 Å². The van der Waals surface area contributed by atoms with E-state index in [1.165, 1.54) is 0 Å². The maximum Gasteiger partial charge on any atom is 0.408 e. The van der Waals surface area contributed by atoms with E-state index in [-0.39, 0.29) is 12.0 Å². The number of hydrogen-bond donors (Lipinski definition) is 1. The fourth-order valence-corrected chi connectivity index (χ4v) is 2.10. The summed E-state index contributed by atoms with van der Waals surface area (Å²) in [5.74, 6) is 0.175. The van der Waals surface area contributed by atoms with E-state index in [0.29, 0.717) is 5.75 Å². The van der Waals surface area contributed by atoms with Crippen LogP contribution in [0.3, 0.4) is 0 Å². The molecular formula is C19H27N3O4. The Morgan fingerprint density at radius 1 is 1.12 bits per heavy atom. The number of nitrogens with zero attached hydrogens (tertiary/aromatic N) is 2. The van der Waals surface area contributed by atoms with Crippen LogP contribution in [0.4, 0.5) is 4.79 Å². The second-order valence-electron chi connectivity index (χ2n) is 7.91. The molecule has 0 bridgehead atoms. The van der Waals surface area contributed by atoms with E-state index in [0.717, 1.165) is 11.8 Å². The van der Waals surface area contributed by atoms with Gasteiger partial charge in [0.2, 0.25) is 0 Å². The molecule has 0 heterocycles. The molecule has 1 aromatic rings. The minimum Gasteiger partial charge on any atom is -0.488 e. The van der Waals surface area contributed by atoms with Crippen molar-refractivity contribution in [3.8, 4) is 5.75 Å². The second kappa shape index (κ2) is 8.63. The molecule has 7 heteroatoms. The topological polar surface area (TPSA) is 101 Å². The monoisotopic (exact) mass is 361 g/mol. The van der Waals surface area contributed by atoms with Gasteiger partial charge in [0.05, 0.1) is 0 Å². The van der Waals surface area contributed by atoms with Crippen LogP contribution in [0.25, 0.3) is 5.53 Å². The Morgan fingerprint density at radius 2 is 1.69 bits per heavy atom. The molecular weight excluding hydrogens is 334 g/mol. The van der Waals surface area contributed by atoms with Gasteiger partial charge in [-0.2, -0.15) is 4.79 Å². The zero-order valence-electron chi connectivity index (χ0n) is 16.2. The molecule has 0 radical (unpaired) electrons. The highest BCUT2D eigenvalue weighted by molar-refractivity contribution is 6.28. The van der Waals surface area contributed by atoms with Crippen LogP contribution < -0.4 is 10.1 Å². The molecule has 7 nitrogen and oxygen atoms in total. The summed E-state index contributed by atoms with van der Waals surface area (Å²) in [6.45, 7) is 11.0. The molecule has 0 saturated carbocycles. The molecule has 0 aliphatic carbocycles.